The number of halogens is 2. The minimum atomic E-state index is -4.18. The van der Waals surface area contributed by atoms with Gasteiger partial charge >= 0.3 is 0 Å². The fourth-order valence-corrected chi connectivity index (χ4v) is 12.6. The Kier molecular flexibility index (Phi) is 13.7. The van der Waals surface area contributed by atoms with Crippen molar-refractivity contribution in [1.29, 1.82) is 0 Å². The zero-order valence-electron chi connectivity index (χ0n) is 32.6. The lowest BCUT2D eigenvalue weighted by Crippen LogP contribution is -2.67. The summed E-state index contributed by atoms with van der Waals surface area (Å²) in [5, 5.41) is 4.57. The van der Waals surface area contributed by atoms with Gasteiger partial charge in [-0.25, -0.2) is 8.78 Å². The second-order valence-corrected chi connectivity index (χ2v) is 21.0. The molecule has 4 aromatic carbocycles. The molecule has 0 spiro atoms. The van der Waals surface area contributed by atoms with Gasteiger partial charge in [-0.2, -0.15) is 8.42 Å². The van der Waals surface area contributed by atoms with E-state index in [0.29, 0.717) is 31.0 Å². The number of hydrogen-bond acceptors (Lipinski definition) is 8. The van der Waals surface area contributed by atoms with Gasteiger partial charge in [0.1, 0.15) is 11.5 Å². The number of benzene rings is 4. The first-order valence-electron chi connectivity index (χ1n) is 18.4. The van der Waals surface area contributed by atoms with Crippen LogP contribution in [0.4, 0.5) is 8.78 Å². The molecule has 0 saturated carbocycles. The molecule has 0 bridgehead atoms. The van der Waals surface area contributed by atoms with E-state index in [1.807, 2.05) is 66.7 Å². The van der Waals surface area contributed by atoms with Gasteiger partial charge in [0.05, 0.1) is 33.1 Å². The van der Waals surface area contributed by atoms with E-state index in [2.05, 4.69) is 26.1 Å². The number of hydrogen-bond donors (Lipinski definition) is 1. The Bertz CT molecular complexity index is 2040. The number of carbonyl (C=O) groups is 2. The van der Waals surface area contributed by atoms with Crippen LogP contribution in [0.25, 0.3) is 0 Å². The van der Waals surface area contributed by atoms with Crippen molar-refractivity contribution in [2.75, 3.05) is 33.6 Å². The van der Waals surface area contributed by atoms with Gasteiger partial charge in [0.15, 0.2) is 17.7 Å². The summed E-state index contributed by atoms with van der Waals surface area (Å²) in [6.45, 7) is 7.11. The Hall–Kier alpha value is -4.63. The zero-order valence-corrected chi connectivity index (χ0v) is 34.4. The molecule has 3 atom stereocenters. The Morgan fingerprint density at radius 2 is 1.55 bits per heavy atom. The molecule has 0 radical (unpaired) electrons. The molecule has 56 heavy (non-hydrogen) atoms. The normalized spacial score (nSPS) is 16.0. The van der Waals surface area contributed by atoms with Crippen LogP contribution in [0, 0.1) is 17.6 Å². The lowest BCUT2D eigenvalue weighted by atomic mass is 9.98. The van der Waals surface area contributed by atoms with Crippen molar-refractivity contribution >= 4 is 40.6 Å². The van der Waals surface area contributed by atoms with Crippen LogP contribution in [0.3, 0.4) is 0 Å². The van der Waals surface area contributed by atoms with E-state index in [0.717, 1.165) is 34.3 Å². The quantitative estimate of drug-likeness (QED) is 0.112. The minimum Gasteiger partial charge on any atom is -0.497 e. The summed E-state index contributed by atoms with van der Waals surface area (Å²) in [4.78, 5) is 29.9. The fourth-order valence-electron chi connectivity index (χ4n) is 7.42. The standard InChI is InChI=1S/C42H50F2N2O8SSi/c1-42(2,3)56(34-13-9-7-10-14-34,35-15-11-8-12-16-35)53-28-32(45-40(47)39(54-55(6,49)50)24-29-17-20-36(43)37(44)23-29)25-30-21-22-46(41(30)48)27-31-18-19-33(51-4)26-38(31)52-5/h7-20,23,26,30,32,39H,21-22,24-25,27-28H2,1-6H3,(H,45,47)/t30-,32-,39+/m0/s1. The van der Waals surface area contributed by atoms with Gasteiger partial charge < -0.3 is 24.1 Å². The third kappa shape index (κ3) is 10.2. The fraction of sp³-hybridized carbons (Fsp3) is 0.381. The summed E-state index contributed by atoms with van der Waals surface area (Å²) in [5.41, 5.74) is 0.962. The molecule has 1 heterocycles. The summed E-state index contributed by atoms with van der Waals surface area (Å²) >= 11 is 0. The van der Waals surface area contributed by atoms with Crippen LogP contribution >= 0.6 is 0 Å². The molecule has 0 aromatic heterocycles. The first-order chi connectivity index (χ1) is 26.5. The van der Waals surface area contributed by atoms with E-state index >= 15 is 0 Å². The number of nitrogens with zero attached hydrogens (tertiary/aromatic N) is 1. The second-order valence-electron chi connectivity index (χ2n) is 15.1. The molecule has 5 rings (SSSR count). The summed E-state index contributed by atoms with van der Waals surface area (Å²) in [5.74, 6) is -2.44. The zero-order chi connectivity index (χ0) is 40.7. The Morgan fingerprint density at radius 1 is 0.911 bits per heavy atom. The average molecular weight is 809 g/mol. The summed E-state index contributed by atoms with van der Waals surface area (Å²) in [7, 11) is -4.19. The summed E-state index contributed by atoms with van der Waals surface area (Å²) < 4.78 is 76.1. The second kappa shape index (κ2) is 18.1. The lowest BCUT2D eigenvalue weighted by Gasteiger charge is -2.44. The van der Waals surface area contributed by atoms with Gasteiger partial charge in [0.2, 0.25) is 5.91 Å². The molecular formula is C42H50F2N2O8SSi. The van der Waals surface area contributed by atoms with Crippen molar-refractivity contribution in [2.45, 2.75) is 63.8 Å². The van der Waals surface area contributed by atoms with E-state index in [1.165, 1.54) is 6.07 Å². The largest absolute Gasteiger partial charge is 0.497 e. The predicted octanol–water partition coefficient (Wildman–Crippen LogP) is 5.37. The van der Waals surface area contributed by atoms with Gasteiger partial charge in [0, 0.05) is 37.1 Å². The van der Waals surface area contributed by atoms with Crippen LogP contribution in [-0.2, 0) is 41.3 Å². The molecule has 1 saturated heterocycles. The topological polar surface area (TPSA) is 120 Å². The summed E-state index contributed by atoms with van der Waals surface area (Å²) in [6, 6.07) is 27.6. The Labute approximate surface area is 329 Å². The number of rotatable bonds is 17. The lowest BCUT2D eigenvalue weighted by molar-refractivity contribution is -0.133. The molecule has 1 aliphatic rings. The number of amides is 2. The number of carbonyl (C=O) groups excluding carboxylic acids is 2. The maximum atomic E-state index is 14.2. The molecule has 1 aliphatic heterocycles. The molecule has 2 amide bonds. The van der Waals surface area contributed by atoms with Crippen LogP contribution in [0.15, 0.2) is 97.1 Å². The van der Waals surface area contributed by atoms with Gasteiger partial charge in [-0.1, -0.05) is 87.5 Å². The average Bonchev–Trinajstić information content (AvgIpc) is 3.50. The molecule has 14 heteroatoms. The highest BCUT2D eigenvalue weighted by Gasteiger charge is 2.50. The van der Waals surface area contributed by atoms with Crippen molar-refractivity contribution in [3.63, 3.8) is 0 Å². The van der Waals surface area contributed by atoms with Crippen LogP contribution in [0.2, 0.25) is 5.04 Å². The smallest absolute Gasteiger partial charge is 0.265 e. The third-order valence-corrected chi connectivity index (χ3v) is 15.7. The SMILES string of the molecule is COc1ccc(CN2CC[C@@H](C[C@@H](CO[Si](c3ccccc3)(c3ccccc3)C(C)(C)C)NC(=O)[C@@H](Cc3ccc(F)c(F)c3)OS(C)(=O)=O)C2=O)c(OC)c1. The molecule has 1 N–H and O–H groups in total. The van der Waals surface area contributed by atoms with Crippen LogP contribution in [0.5, 0.6) is 11.5 Å². The number of ether oxygens (including phenoxy) is 2. The maximum absolute atomic E-state index is 14.2. The van der Waals surface area contributed by atoms with Gasteiger partial charge in [-0.3, -0.25) is 13.8 Å². The van der Waals surface area contributed by atoms with E-state index in [-0.39, 0.29) is 30.9 Å². The predicted molar refractivity (Wildman–Crippen MR) is 213 cm³/mol. The van der Waals surface area contributed by atoms with Crippen LogP contribution < -0.4 is 25.2 Å². The molecule has 1 fully saturated rings. The van der Waals surface area contributed by atoms with Crippen molar-refractivity contribution in [2.24, 2.45) is 5.92 Å². The van der Waals surface area contributed by atoms with Gasteiger partial charge in [0.25, 0.3) is 24.3 Å². The third-order valence-electron chi connectivity index (χ3n) is 10.1. The molecule has 0 aliphatic carbocycles. The number of likely N-dealkylation sites (tertiary alicyclic amines) is 1. The summed E-state index contributed by atoms with van der Waals surface area (Å²) in [6.07, 6.45) is -0.496. The monoisotopic (exact) mass is 808 g/mol. The van der Waals surface area contributed by atoms with E-state index in [4.69, 9.17) is 18.1 Å². The Morgan fingerprint density at radius 3 is 2.11 bits per heavy atom. The molecule has 4 aromatic rings. The van der Waals surface area contributed by atoms with Crippen molar-refractivity contribution < 1.29 is 44.9 Å². The van der Waals surface area contributed by atoms with Crippen LogP contribution in [0.1, 0.15) is 44.7 Å². The first-order valence-corrected chi connectivity index (χ1v) is 22.1. The van der Waals surface area contributed by atoms with Crippen LogP contribution in [-0.4, -0.2) is 79.2 Å². The van der Waals surface area contributed by atoms with Gasteiger partial charge in [-0.15, -0.1) is 0 Å². The molecule has 10 nitrogen and oxygen atoms in total. The maximum Gasteiger partial charge on any atom is 0.265 e. The Balaban J connectivity index is 1.48. The van der Waals surface area contributed by atoms with E-state index < -0.39 is 59.1 Å². The van der Waals surface area contributed by atoms with Crippen molar-refractivity contribution in [3.8, 4) is 11.5 Å². The van der Waals surface area contributed by atoms with E-state index in [1.54, 1.807) is 31.3 Å². The van der Waals surface area contributed by atoms with E-state index in [9.17, 15) is 26.8 Å². The number of nitrogens with one attached hydrogen (secondary N) is 1. The molecular weight excluding hydrogens is 759 g/mol. The highest BCUT2D eigenvalue weighted by atomic mass is 32.2. The molecule has 300 valence electrons. The first kappa shape index (κ1) is 42.5. The highest BCUT2D eigenvalue weighted by Crippen LogP contribution is 2.37. The minimum absolute atomic E-state index is 0.0219. The van der Waals surface area contributed by atoms with Gasteiger partial charge in [-0.05, 0) is 58.1 Å². The molecule has 0 unspecified atom stereocenters. The van der Waals surface area contributed by atoms with Crippen molar-refractivity contribution in [1.82, 2.24) is 10.2 Å². The van der Waals surface area contributed by atoms with Crippen molar-refractivity contribution in [3.05, 3.63) is 120 Å². The number of methoxy groups -OCH3 is 2. The highest BCUT2D eigenvalue weighted by molar-refractivity contribution is 7.86.